The van der Waals surface area contributed by atoms with Crippen molar-refractivity contribution in [2.45, 2.75) is 90.6 Å². The summed E-state index contributed by atoms with van der Waals surface area (Å²) in [5.74, 6) is 0. The van der Waals surface area contributed by atoms with Gasteiger partial charge in [-0.05, 0) is 19.3 Å². The van der Waals surface area contributed by atoms with Gasteiger partial charge in [0.1, 0.15) is 0 Å². The van der Waals surface area contributed by atoms with E-state index in [1.807, 2.05) is 0 Å². The summed E-state index contributed by atoms with van der Waals surface area (Å²) in [6.45, 7) is 10.7. The summed E-state index contributed by atoms with van der Waals surface area (Å²) in [5.41, 5.74) is 0. The van der Waals surface area contributed by atoms with E-state index in [9.17, 15) is 0 Å². The minimum atomic E-state index is 0.507. The molecule has 0 spiro atoms. The van der Waals surface area contributed by atoms with E-state index < -0.39 is 0 Å². The quantitative estimate of drug-likeness (QED) is 0.394. The summed E-state index contributed by atoms with van der Waals surface area (Å²) in [7, 11) is 0. The Balaban J connectivity index is 2.08. The van der Waals surface area contributed by atoms with Crippen molar-refractivity contribution in [1.82, 2.24) is 4.90 Å². The van der Waals surface area contributed by atoms with Crippen LogP contribution in [0.4, 0.5) is 0 Å². The van der Waals surface area contributed by atoms with Crippen molar-refractivity contribution in [2.24, 2.45) is 0 Å². The van der Waals surface area contributed by atoms with Gasteiger partial charge < -0.3 is 9.47 Å². The van der Waals surface area contributed by atoms with E-state index in [2.05, 4.69) is 18.7 Å². The van der Waals surface area contributed by atoms with Crippen LogP contribution in [-0.2, 0) is 9.47 Å². The molecule has 0 N–H and O–H groups in total. The number of hydrogen-bond acceptors (Lipinski definition) is 3. The zero-order valence-electron chi connectivity index (χ0n) is 15.9. The van der Waals surface area contributed by atoms with Gasteiger partial charge in [0.15, 0.2) is 0 Å². The molecule has 1 aliphatic heterocycles. The van der Waals surface area contributed by atoms with Gasteiger partial charge in [0.25, 0.3) is 0 Å². The highest BCUT2D eigenvalue weighted by molar-refractivity contribution is 4.63. The lowest BCUT2D eigenvalue weighted by molar-refractivity contribution is 0.0150. The maximum atomic E-state index is 6.23. The molecule has 23 heavy (non-hydrogen) atoms. The number of morpholine rings is 1. The molecule has 0 aromatic heterocycles. The van der Waals surface area contributed by atoms with Gasteiger partial charge >= 0.3 is 0 Å². The fraction of sp³-hybridized carbons (Fsp3) is 1.00. The zero-order valence-corrected chi connectivity index (χ0v) is 15.9. The Morgan fingerprint density at radius 2 is 1.43 bits per heavy atom. The summed E-state index contributed by atoms with van der Waals surface area (Å²) in [6, 6.07) is 0. The molecule has 0 saturated carbocycles. The fourth-order valence-electron chi connectivity index (χ4n) is 3.27. The van der Waals surface area contributed by atoms with Crippen molar-refractivity contribution in [3.63, 3.8) is 0 Å². The Morgan fingerprint density at radius 3 is 2.13 bits per heavy atom. The smallest absolute Gasteiger partial charge is 0.0594 e. The van der Waals surface area contributed by atoms with E-state index in [4.69, 9.17) is 9.47 Å². The molecule has 0 aromatic rings. The first-order chi connectivity index (χ1) is 11.4. The van der Waals surface area contributed by atoms with E-state index in [0.29, 0.717) is 6.10 Å². The van der Waals surface area contributed by atoms with Crippen molar-refractivity contribution in [3.8, 4) is 0 Å². The molecule has 0 unspecified atom stereocenters. The molecule has 0 aromatic carbocycles. The Hall–Kier alpha value is -0.120. The van der Waals surface area contributed by atoms with Crippen LogP contribution in [0.2, 0.25) is 0 Å². The van der Waals surface area contributed by atoms with Crippen molar-refractivity contribution < 1.29 is 9.47 Å². The molecule has 3 nitrogen and oxygen atoms in total. The molecule has 1 atom stereocenters. The SMILES string of the molecule is CCCCCCC[C@@H](CCCCC)OCCCN1CCOCC1. The Labute approximate surface area is 145 Å². The van der Waals surface area contributed by atoms with Crippen molar-refractivity contribution in [2.75, 3.05) is 39.5 Å². The Bertz CT molecular complexity index is 242. The number of rotatable bonds is 15. The van der Waals surface area contributed by atoms with Crippen LogP contribution in [0, 0.1) is 0 Å². The average Bonchev–Trinajstić information content (AvgIpc) is 2.59. The first-order valence-electron chi connectivity index (χ1n) is 10.3. The summed E-state index contributed by atoms with van der Waals surface area (Å²) < 4.78 is 11.6. The molecule has 1 heterocycles. The first kappa shape index (κ1) is 20.9. The Kier molecular flexibility index (Phi) is 14.0. The van der Waals surface area contributed by atoms with Gasteiger partial charge in [-0.2, -0.15) is 0 Å². The second-order valence-corrected chi connectivity index (χ2v) is 7.00. The summed E-state index contributed by atoms with van der Waals surface area (Å²) >= 11 is 0. The molecular weight excluding hydrogens is 286 g/mol. The lowest BCUT2D eigenvalue weighted by Crippen LogP contribution is -2.37. The third-order valence-electron chi connectivity index (χ3n) is 4.84. The molecule has 1 fully saturated rings. The van der Waals surface area contributed by atoms with Crippen LogP contribution in [0.15, 0.2) is 0 Å². The predicted octanol–water partition coefficient (Wildman–Crippen LogP) is 5.03. The molecule has 0 radical (unpaired) electrons. The molecular formula is C20H41NO2. The van der Waals surface area contributed by atoms with Gasteiger partial charge in [-0.15, -0.1) is 0 Å². The van der Waals surface area contributed by atoms with E-state index in [1.165, 1.54) is 77.2 Å². The first-order valence-corrected chi connectivity index (χ1v) is 10.3. The number of nitrogens with zero attached hydrogens (tertiary/aromatic N) is 1. The minimum Gasteiger partial charge on any atom is -0.379 e. The molecule has 138 valence electrons. The van der Waals surface area contributed by atoms with Crippen LogP contribution in [0.1, 0.15) is 84.5 Å². The standard InChI is InChI=1S/C20H41NO2/c1-3-5-7-8-10-13-20(12-9-6-4-2)23-17-11-14-21-15-18-22-19-16-21/h20H,3-19H2,1-2H3/t20-/m1/s1. The number of unbranched alkanes of at least 4 members (excludes halogenated alkanes) is 6. The fourth-order valence-corrected chi connectivity index (χ4v) is 3.27. The van der Waals surface area contributed by atoms with Gasteiger partial charge in [0.2, 0.25) is 0 Å². The van der Waals surface area contributed by atoms with Crippen LogP contribution >= 0.6 is 0 Å². The number of ether oxygens (including phenoxy) is 2. The summed E-state index contributed by atoms with van der Waals surface area (Å²) in [6.07, 6.45) is 15.0. The van der Waals surface area contributed by atoms with Crippen LogP contribution in [-0.4, -0.2) is 50.5 Å². The monoisotopic (exact) mass is 327 g/mol. The average molecular weight is 328 g/mol. The lowest BCUT2D eigenvalue weighted by atomic mass is 10.0. The molecule has 1 rings (SSSR count). The summed E-state index contributed by atoms with van der Waals surface area (Å²) in [4.78, 5) is 2.50. The number of hydrogen-bond donors (Lipinski definition) is 0. The topological polar surface area (TPSA) is 21.7 Å². The Morgan fingerprint density at radius 1 is 0.826 bits per heavy atom. The van der Waals surface area contributed by atoms with Gasteiger partial charge in [-0.3, -0.25) is 4.90 Å². The molecule has 0 amide bonds. The largest absolute Gasteiger partial charge is 0.379 e. The highest BCUT2D eigenvalue weighted by Gasteiger charge is 2.11. The third-order valence-corrected chi connectivity index (χ3v) is 4.84. The van der Waals surface area contributed by atoms with Crippen molar-refractivity contribution in [1.29, 1.82) is 0 Å². The van der Waals surface area contributed by atoms with Gasteiger partial charge in [-0.25, -0.2) is 0 Å². The van der Waals surface area contributed by atoms with Gasteiger partial charge in [-0.1, -0.05) is 65.2 Å². The highest BCUT2D eigenvalue weighted by atomic mass is 16.5. The van der Waals surface area contributed by atoms with E-state index in [1.54, 1.807) is 0 Å². The molecule has 0 aliphatic carbocycles. The third kappa shape index (κ3) is 12.0. The second-order valence-electron chi connectivity index (χ2n) is 7.00. The normalized spacial score (nSPS) is 17.5. The molecule has 1 saturated heterocycles. The minimum absolute atomic E-state index is 0.507. The molecule has 0 bridgehead atoms. The van der Waals surface area contributed by atoms with Crippen LogP contribution in [0.3, 0.4) is 0 Å². The van der Waals surface area contributed by atoms with Crippen LogP contribution in [0.5, 0.6) is 0 Å². The van der Waals surface area contributed by atoms with Gasteiger partial charge in [0.05, 0.1) is 19.3 Å². The van der Waals surface area contributed by atoms with E-state index in [-0.39, 0.29) is 0 Å². The zero-order chi connectivity index (χ0) is 16.6. The molecule has 1 aliphatic rings. The predicted molar refractivity (Wildman–Crippen MR) is 99.1 cm³/mol. The maximum absolute atomic E-state index is 6.23. The van der Waals surface area contributed by atoms with Crippen molar-refractivity contribution in [3.05, 3.63) is 0 Å². The maximum Gasteiger partial charge on any atom is 0.0594 e. The second kappa shape index (κ2) is 15.4. The molecule has 3 heteroatoms. The van der Waals surface area contributed by atoms with Crippen LogP contribution < -0.4 is 0 Å². The van der Waals surface area contributed by atoms with Crippen molar-refractivity contribution >= 4 is 0 Å². The van der Waals surface area contributed by atoms with Gasteiger partial charge in [0, 0.05) is 26.2 Å². The summed E-state index contributed by atoms with van der Waals surface area (Å²) in [5, 5.41) is 0. The van der Waals surface area contributed by atoms with Crippen LogP contribution in [0.25, 0.3) is 0 Å². The van der Waals surface area contributed by atoms with E-state index >= 15 is 0 Å². The lowest BCUT2D eigenvalue weighted by Gasteiger charge is -2.26. The highest BCUT2D eigenvalue weighted by Crippen LogP contribution is 2.15. The van der Waals surface area contributed by atoms with E-state index in [0.717, 1.165) is 32.9 Å².